The van der Waals surface area contributed by atoms with Gasteiger partial charge >= 0.3 is 0 Å². The van der Waals surface area contributed by atoms with Gasteiger partial charge in [0.2, 0.25) is 5.91 Å². The highest BCUT2D eigenvalue weighted by Gasteiger charge is 2.69. The highest BCUT2D eigenvalue weighted by Crippen LogP contribution is 2.70. The molecule has 4 rings (SSSR count). The van der Waals surface area contributed by atoms with Crippen LogP contribution in [0.3, 0.4) is 0 Å². The van der Waals surface area contributed by atoms with Crippen molar-refractivity contribution < 1.29 is 27.1 Å². The number of benzene rings is 1. The molecule has 0 spiro atoms. The van der Waals surface area contributed by atoms with Crippen LogP contribution in [0.2, 0.25) is 0 Å². The number of amides is 1. The van der Waals surface area contributed by atoms with Crippen molar-refractivity contribution in [3.05, 3.63) is 60.2 Å². The molecule has 6 nitrogen and oxygen atoms in total. The number of primary amides is 1. The number of pyridine rings is 1. The van der Waals surface area contributed by atoms with Crippen LogP contribution < -0.4 is 10.5 Å². The Hall–Kier alpha value is -2.40. The first-order valence-electron chi connectivity index (χ1n) is 11.0. The molecule has 1 aliphatic heterocycles. The van der Waals surface area contributed by atoms with E-state index in [0.717, 1.165) is 0 Å². The molecule has 1 saturated heterocycles. The first kappa shape index (κ1) is 24.7. The minimum absolute atomic E-state index is 0.363. The van der Waals surface area contributed by atoms with Gasteiger partial charge in [-0.1, -0.05) is 31.2 Å². The standard InChI is InChI=1S/C24H28F3N3O3S/c1-14-20(9-8-19-7-6-17(12-29-19)16-4-3-5-18(25)10-16)22-15(2)30-34(32,33)23(22,11-21(28)31)13-24(14,26)27/h3-10,12,14-15,20,22,30,32-33H,11,13H2,1-2H3,(H2,28,31)/b9-8+/t14-,15+,20-,22-,23+/m0/s1. The van der Waals surface area contributed by atoms with E-state index in [1.165, 1.54) is 19.1 Å². The summed E-state index contributed by atoms with van der Waals surface area (Å²) >= 11 is 0. The average molecular weight is 496 g/mol. The van der Waals surface area contributed by atoms with Crippen LogP contribution in [-0.4, -0.2) is 36.7 Å². The van der Waals surface area contributed by atoms with Gasteiger partial charge in [-0.3, -0.25) is 18.9 Å². The van der Waals surface area contributed by atoms with Crippen molar-refractivity contribution in [2.75, 3.05) is 0 Å². The minimum atomic E-state index is -3.71. The van der Waals surface area contributed by atoms with E-state index in [1.807, 2.05) is 0 Å². The van der Waals surface area contributed by atoms with E-state index in [2.05, 4.69) is 9.71 Å². The number of nitrogens with two attached hydrogens (primary N) is 1. The molecule has 5 N–H and O–H groups in total. The van der Waals surface area contributed by atoms with Crippen LogP contribution in [0.4, 0.5) is 13.2 Å². The monoisotopic (exact) mass is 495 g/mol. The first-order chi connectivity index (χ1) is 15.9. The van der Waals surface area contributed by atoms with Crippen molar-refractivity contribution in [3.8, 4) is 11.1 Å². The number of fused-ring (bicyclic) bond motifs is 1. The highest BCUT2D eigenvalue weighted by atomic mass is 32.3. The van der Waals surface area contributed by atoms with Gasteiger partial charge in [-0.05, 0) is 42.7 Å². The van der Waals surface area contributed by atoms with Crippen LogP contribution in [0.5, 0.6) is 0 Å². The van der Waals surface area contributed by atoms with E-state index in [0.29, 0.717) is 16.8 Å². The number of nitrogens with zero attached hydrogens (tertiary/aromatic N) is 1. The summed E-state index contributed by atoms with van der Waals surface area (Å²) in [5, 5.41) is 0. The number of carbonyl (C=O) groups excluding carboxylic acids is 1. The lowest BCUT2D eigenvalue weighted by atomic mass is 9.61. The van der Waals surface area contributed by atoms with E-state index >= 15 is 8.78 Å². The molecule has 5 atom stereocenters. The SMILES string of the molecule is C[C@H]1NS(O)(O)[C@]2(CC(N)=O)CC(F)(F)[C@@H](C)[C@H](/C=C/c3ccc(-c4cccc(F)c4)cn3)[C@H]12. The molecule has 2 heterocycles. The summed E-state index contributed by atoms with van der Waals surface area (Å²) < 4.78 is 66.3. The second kappa shape index (κ2) is 8.67. The second-order valence-electron chi connectivity index (χ2n) is 9.33. The van der Waals surface area contributed by atoms with Crippen molar-refractivity contribution in [1.82, 2.24) is 9.71 Å². The van der Waals surface area contributed by atoms with E-state index in [-0.39, 0.29) is 5.82 Å². The molecule has 0 radical (unpaired) electrons. The van der Waals surface area contributed by atoms with Gasteiger partial charge in [0.25, 0.3) is 5.92 Å². The molecule has 1 aliphatic carbocycles. The third-order valence-electron chi connectivity index (χ3n) is 7.16. The maximum atomic E-state index is 15.2. The molecule has 0 bridgehead atoms. The van der Waals surface area contributed by atoms with Crippen molar-refractivity contribution in [2.45, 2.75) is 43.4 Å². The van der Waals surface area contributed by atoms with Gasteiger partial charge in [0.1, 0.15) is 5.82 Å². The predicted octanol–water partition coefficient (Wildman–Crippen LogP) is 5.08. The summed E-state index contributed by atoms with van der Waals surface area (Å²) in [5.74, 6) is -7.00. The van der Waals surface area contributed by atoms with Gasteiger partial charge in [-0.15, -0.1) is 10.8 Å². The average Bonchev–Trinajstić information content (AvgIpc) is 2.92. The van der Waals surface area contributed by atoms with Crippen molar-refractivity contribution in [1.29, 1.82) is 0 Å². The van der Waals surface area contributed by atoms with Crippen molar-refractivity contribution in [3.63, 3.8) is 0 Å². The summed E-state index contributed by atoms with van der Waals surface area (Å²) in [6.45, 7) is 3.13. The molecular weight excluding hydrogens is 467 g/mol. The molecule has 0 unspecified atom stereocenters. The van der Waals surface area contributed by atoms with Crippen LogP contribution in [0.25, 0.3) is 17.2 Å². The number of halogens is 3. The number of allylic oxidation sites excluding steroid dienone is 1. The van der Waals surface area contributed by atoms with Crippen LogP contribution in [0.15, 0.2) is 48.7 Å². The molecule has 1 aromatic carbocycles. The Morgan fingerprint density at radius 2 is 2.00 bits per heavy atom. The summed E-state index contributed by atoms with van der Waals surface area (Å²) in [6, 6.07) is 9.03. The molecule has 1 aromatic heterocycles. The topological polar surface area (TPSA) is 108 Å². The van der Waals surface area contributed by atoms with E-state index in [4.69, 9.17) is 5.73 Å². The smallest absolute Gasteiger partial charge is 0.253 e. The lowest BCUT2D eigenvalue weighted by Gasteiger charge is -2.54. The van der Waals surface area contributed by atoms with Crippen molar-refractivity contribution in [2.24, 2.45) is 23.5 Å². The van der Waals surface area contributed by atoms with Gasteiger partial charge in [-0.25, -0.2) is 17.9 Å². The molecule has 2 fully saturated rings. The fourth-order valence-corrected chi connectivity index (χ4v) is 7.94. The fraction of sp³-hybridized carbons (Fsp3) is 0.417. The largest absolute Gasteiger partial charge is 0.370 e. The lowest BCUT2D eigenvalue weighted by molar-refractivity contribution is -0.133. The first-order valence-corrected chi connectivity index (χ1v) is 12.5. The number of aromatic nitrogens is 1. The molecular formula is C24H28F3N3O3S. The van der Waals surface area contributed by atoms with Gasteiger partial charge in [0.05, 0.1) is 16.9 Å². The van der Waals surface area contributed by atoms with Crippen LogP contribution in [0, 0.1) is 23.6 Å². The molecule has 1 amide bonds. The van der Waals surface area contributed by atoms with E-state index in [9.17, 15) is 18.3 Å². The predicted molar refractivity (Wildman–Crippen MR) is 126 cm³/mol. The lowest BCUT2D eigenvalue weighted by Crippen LogP contribution is -2.57. The molecule has 1 saturated carbocycles. The summed E-state index contributed by atoms with van der Waals surface area (Å²) in [7, 11) is -3.71. The molecule has 10 heteroatoms. The van der Waals surface area contributed by atoms with Gasteiger partial charge < -0.3 is 5.73 Å². The number of hydrogen-bond acceptors (Lipinski definition) is 5. The van der Waals surface area contributed by atoms with Crippen molar-refractivity contribution >= 4 is 22.8 Å². The fourth-order valence-electron chi connectivity index (χ4n) is 5.56. The number of nitrogens with one attached hydrogen (secondary N) is 1. The zero-order valence-electron chi connectivity index (χ0n) is 18.8. The number of rotatable bonds is 5. The van der Waals surface area contributed by atoms with Crippen LogP contribution in [-0.2, 0) is 4.79 Å². The molecule has 2 aliphatic rings. The number of alkyl halides is 2. The van der Waals surface area contributed by atoms with Gasteiger partial charge in [0.15, 0.2) is 0 Å². The van der Waals surface area contributed by atoms with Gasteiger partial charge in [0, 0.05) is 36.1 Å². The summed E-state index contributed by atoms with van der Waals surface area (Å²) in [6.07, 6.45) is 3.41. The van der Waals surface area contributed by atoms with E-state index in [1.54, 1.807) is 49.5 Å². The Balaban J connectivity index is 1.67. The summed E-state index contributed by atoms with van der Waals surface area (Å²) in [5.41, 5.74) is 7.25. The Morgan fingerprint density at radius 3 is 2.62 bits per heavy atom. The Labute approximate surface area is 198 Å². The Kier molecular flexibility index (Phi) is 6.30. The normalized spacial score (nSPS) is 32.9. The maximum Gasteiger partial charge on any atom is 0.253 e. The number of hydrogen-bond donors (Lipinski definition) is 4. The zero-order valence-corrected chi connectivity index (χ0v) is 19.6. The quantitative estimate of drug-likeness (QED) is 0.463. The minimum Gasteiger partial charge on any atom is -0.370 e. The second-order valence-corrected chi connectivity index (χ2v) is 11.5. The van der Waals surface area contributed by atoms with Crippen LogP contribution >= 0.6 is 10.8 Å². The Morgan fingerprint density at radius 1 is 1.26 bits per heavy atom. The van der Waals surface area contributed by atoms with E-state index < -0.39 is 64.0 Å². The Bertz CT molecular complexity index is 1110. The third-order valence-corrected chi connectivity index (χ3v) is 9.56. The van der Waals surface area contributed by atoms with Gasteiger partial charge in [-0.2, -0.15) is 0 Å². The highest BCUT2D eigenvalue weighted by molar-refractivity contribution is 8.24. The van der Waals surface area contributed by atoms with Crippen LogP contribution in [0.1, 0.15) is 32.4 Å². The summed E-state index contributed by atoms with van der Waals surface area (Å²) in [4.78, 5) is 16.2. The zero-order chi connectivity index (χ0) is 24.9. The molecule has 2 aromatic rings. The molecule has 184 valence electrons. The molecule has 34 heavy (non-hydrogen) atoms. The maximum absolute atomic E-state index is 15.2. The third kappa shape index (κ3) is 4.24. The number of carbonyl (C=O) groups is 1.